The van der Waals surface area contributed by atoms with E-state index in [0.29, 0.717) is 15.2 Å². The van der Waals surface area contributed by atoms with Crippen molar-refractivity contribution in [3.63, 3.8) is 0 Å². The monoisotopic (exact) mass is 309 g/mol. The van der Waals surface area contributed by atoms with Gasteiger partial charge in [-0.1, -0.05) is 41.4 Å². The van der Waals surface area contributed by atoms with Crippen molar-refractivity contribution >= 4 is 40.4 Å². The average molecular weight is 310 g/mol. The van der Waals surface area contributed by atoms with E-state index in [0.717, 1.165) is 21.7 Å². The van der Waals surface area contributed by atoms with Gasteiger partial charge in [0.25, 0.3) is 0 Å². The van der Waals surface area contributed by atoms with E-state index in [4.69, 9.17) is 28.9 Å². The Bertz CT molecular complexity index is 733. The van der Waals surface area contributed by atoms with Crippen molar-refractivity contribution in [3.8, 4) is 21.7 Å². The summed E-state index contributed by atoms with van der Waals surface area (Å²) in [6.07, 6.45) is 0. The highest BCUT2D eigenvalue weighted by Gasteiger charge is 2.17. The molecule has 0 atom stereocenters. The average Bonchev–Trinajstić information content (AvgIpc) is 2.96. The zero-order valence-corrected chi connectivity index (χ0v) is 12.0. The summed E-state index contributed by atoms with van der Waals surface area (Å²) < 4.78 is 0.716. The topological polar surface area (TPSA) is 54.7 Å². The summed E-state index contributed by atoms with van der Waals surface area (Å²) in [7, 11) is 0. The molecule has 0 saturated heterocycles. The van der Waals surface area contributed by atoms with Gasteiger partial charge in [0.1, 0.15) is 0 Å². The van der Waals surface area contributed by atoms with E-state index < -0.39 is 0 Å². The van der Waals surface area contributed by atoms with Gasteiger partial charge in [0.05, 0.1) is 20.5 Å². The standard InChI is InChI=1S/C13H9Cl2N3S/c14-8-4-2-1-3-7(8)11-12(17-18-13(11)16)9-5-6-10(15)19-9/h1-6H,(H3,16,17,18). The number of nitrogen functional groups attached to an aromatic ring is 1. The molecule has 3 rings (SSSR count). The van der Waals surface area contributed by atoms with Gasteiger partial charge in [0.2, 0.25) is 0 Å². The van der Waals surface area contributed by atoms with Crippen molar-refractivity contribution in [1.29, 1.82) is 0 Å². The molecule has 19 heavy (non-hydrogen) atoms. The number of hydrogen-bond donors (Lipinski definition) is 2. The molecule has 0 saturated carbocycles. The van der Waals surface area contributed by atoms with Crippen LogP contribution in [0, 0.1) is 0 Å². The predicted molar refractivity (Wildman–Crippen MR) is 81.8 cm³/mol. The molecule has 3 N–H and O–H groups in total. The molecule has 0 aliphatic heterocycles. The number of nitrogens with two attached hydrogens (primary N) is 1. The minimum atomic E-state index is 0.424. The Hall–Kier alpha value is -1.49. The van der Waals surface area contributed by atoms with E-state index in [2.05, 4.69) is 10.2 Å². The highest BCUT2D eigenvalue weighted by atomic mass is 35.5. The molecule has 0 aliphatic rings. The number of nitrogens with one attached hydrogen (secondary N) is 1. The van der Waals surface area contributed by atoms with Crippen LogP contribution in [0.5, 0.6) is 0 Å². The first-order chi connectivity index (χ1) is 9.16. The zero-order valence-electron chi connectivity index (χ0n) is 9.65. The van der Waals surface area contributed by atoms with Gasteiger partial charge in [-0.05, 0) is 18.2 Å². The van der Waals surface area contributed by atoms with Gasteiger partial charge in [0, 0.05) is 10.6 Å². The second kappa shape index (κ2) is 4.89. The molecule has 0 spiro atoms. The van der Waals surface area contributed by atoms with Crippen molar-refractivity contribution in [2.45, 2.75) is 0 Å². The van der Waals surface area contributed by atoms with Crippen LogP contribution < -0.4 is 5.73 Å². The Morgan fingerprint density at radius 2 is 1.89 bits per heavy atom. The van der Waals surface area contributed by atoms with E-state index in [9.17, 15) is 0 Å². The Morgan fingerprint density at radius 3 is 2.58 bits per heavy atom. The van der Waals surface area contributed by atoms with Gasteiger partial charge < -0.3 is 5.73 Å². The molecule has 0 bridgehead atoms. The summed E-state index contributed by atoms with van der Waals surface area (Å²) in [5.74, 6) is 0.424. The van der Waals surface area contributed by atoms with Crippen molar-refractivity contribution in [1.82, 2.24) is 10.2 Å². The summed E-state index contributed by atoms with van der Waals surface area (Å²) >= 11 is 13.7. The lowest BCUT2D eigenvalue weighted by Crippen LogP contribution is -1.89. The Kier molecular flexibility index (Phi) is 3.22. The van der Waals surface area contributed by atoms with Crippen molar-refractivity contribution in [3.05, 3.63) is 45.8 Å². The SMILES string of the molecule is Nc1n[nH]c(-c2ccc(Cl)s2)c1-c1ccccc1Cl. The van der Waals surface area contributed by atoms with E-state index in [1.807, 2.05) is 36.4 Å². The Morgan fingerprint density at radius 1 is 1.11 bits per heavy atom. The molecular formula is C13H9Cl2N3S. The van der Waals surface area contributed by atoms with Crippen LogP contribution in [0.25, 0.3) is 21.7 Å². The number of benzene rings is 1. The Balaban J connectivity index is 2.22. The molecule has 2 heterocycles. The number of H-pyrrole nitrogens is 1. The number of thiophene rings is 1. The van der Waals surface area contributed by atoms with Gasteiger partial charge in [0.15, 0.2) is 5.82 Å². The minimum absolute atomic E-state index is 0.424. The van der Waals surface area contributed by atoms with Crippen LogP contribution in [0.3, 0.4) is 0 Å². The number of hydrogen-bond acceptors (Lipinski definition) is 3. The van der Waals surface area contributed by atoms with Crippen LogP contribution >= 0.6 is 34.5 Å². The first-order valence-electron chi connectivity index (χ1n) is 5.51. The van der Waals surface area contributed by atoms with E-state index in [-0.39, 0.29) is 0 Å². The van der Waals surface area contributed by atoms with E-state index in [1.54, 1.807) is 0 Å². The fourth-order valence-electron chi connectivity index (χ4n) is 1.92. The van der Waals surface area contributed by atoms with Crippen LogP contribution in [0.2, 0.25) is 9.36 Å². The first-order valence-corrected chi connectivity index (χ1v) is 7.08. The number of anilines is 1. The van der Waals surface area contributed by atoms with Gasteiger partial charge in [-0.3, -0.25) is 5.10 Å². The quantitative estimate of drug-likeness (QED) is 0.721. The smallest absolute Gasteiger partial charge is 0.153 e. The van der Waals surface area contributed by atoms with Crippen LogP contribution in [0.15, 0.2) is 36.4 Å². The third kappa shape index (κ3) is 2.23. The molecule has 1 aromatic carbocycles. The third-order valence-corrected chi connectivity index (χ3v) is 4.34. The number of halogens is 2. The van der Waals surface area contributed by atoms with Crippen molar-refractivity contribution < 1.29 is 0 Å². The molecule has 0 radical (unpaired) electrons. The third-order valence-electron chi connectivity index (χ3n) is 2.76. The molecule has 0 unspecified atom stereocenters. The van der Waals surface area contributed by atoms with Crippen LogP contribution in [0.1, 0.15) is 0 Å². The first kappa shape index (κ1) is 12.5. The maximum absolute atomic E-state index is 6.23. The second-order valence-corrected chi connectivity index (χ2v) is 6.06. The molecule has 2 aromatic heterocycles. The highest BCUT2D eigenvalue weighted by Crippen LogP contribution is 2.41. The lowest BCUT2D eigenvalue weighted by molar-refractivity contribution is 1.11. The second-order valence-electron chi connectivity index (χ2n) is 3.94. The lowest BCUT2D eigenvalue weighted by Gasteiger charge is -2.05. The normalized spacial score (nSPS) is 10.8. The van der Waals surface area contributed by atoms with E-state index >= 15 is 0 Å². The minimum Gasteiger partial charge on any atom is -0.382 e. The van der Waals surface area contributed by atoms with E-state index in [1.165, 1.54) is 11.3 Å². The molecule has 3 aromatic rings. The number of rotatable bonds is 2. The maximum Gasteiger partial charge on any atom is 0.153 e. The summed E-state index contributed by atoms with van der Waals surface area (Å²) in [4.78, 5) is 0.976. The van der Waals surface area contributed by atoms with Crippen LogP contribution in [-0.4, -0.2) is 10.2 Å². The summed E-state index contributed by atoms with van der Waals surface area (Å²) in [5.41, 5.74) is 8.46. The van der Waals surface area contributed by atoms with Crippen LogP contribution in [-0.2, 0) is 0 Å². The van der Waals surface area contributed by atoms with Gasteiger partial charge >= 0.3 is 0 Å². The van der Waals surface area contributed by atoms with Crippen molar-refractivity contribution in [2.24, 2.45) is 0 Å². The molecule has 6 heteroatoms. The highest BCUT2D eigenvalue weighted by molar-refractivity contribution is 7.19. The molecular weight excluding hydrogens is 301 g/mol. The molecule has 0 fully saturated rings. The number of nitrogens with zero attached hydrogens (tertiary/aromatic N) is 1. The summed E-state index contributed by atoms with van der Waals surface area (Å²) in [6, 6.07) is 11.3. The summed E-state index contributed by atoms with van der Waals surface area (Å²) in [6.45, 7) is 0. The summed E-state index contributed by atoms with van der Waals surface area (Å²) in [5, 5.41) is 7.66. The number of aromatic amines is 1. The maximum atomic E-state index is 6.23. The number of aromatic nitrogens is 2. The van der Waals surface area contributed by atoms with Gasteiger partial charge in [-0.15, -0.1) is 11.3 Å². The van der Waals surface area contributed by atoms with Gasteiger partial charge in [-0.25, -0.2) is 0 Å². The largest absolute Gasteiger partial charge is 0.382 e. The lowest BCUT2D eigenvalue weighted by atomic mass is 10.0. The fourth-order valence-corrected chi connectivity index (χ4v) is 3.19. The van der Waals surface area contributed by atoms with Crippen LogP contribution in [0.4, 0.5) is 5.82 Å². The molecule has 3 nitrogen and oxygen atoms in total. The van der Waals surface area contributed by atoms with Gasteiger partial charge in [-0.2, -0.15) is 5.10 Å². The molecule has 96 valence electrons. The molecule has 0 aliphatic carbocycles. The predicted octanol–water partition coefficient (Wildman–Crippen LogP) is 4.69. The van der Waals surface area contributed by atoms with Crippen molar-refractivity contribution in [2.75, 3.05) is 5.73 Å². The zero-order chi connectivity index (χ0) is 13.4. The Labute approximate surface area is 124 Å². The fraction of sp³-hybridized carbons (Fsp3) is 0. The molecule has 0 amide bonds.